The molecule has 4 aromatic rings. The number of hydrogen-bond acceptors (Lipinski definition) is 7. The third kappa shape index (κ3) is 7.60. The zero-order chi connectivity index (χ0) is 36.3. The molecule has 1 aromatic heterocycles. The Morgan fingerprint density at radius 1 is 0.824 bits per heavy atom. The van der Waals surface area contributed by atoms with Gasteiger partial charge in [-0.25, -0.2) is 13.2 Å². The molecule has 1 fully saturated rings. The van der Waals surface area contributed by atoms with Crippen LogP contribution in [-0.2, 0) is 40.5 Å². The largest absolute Gasteiger partial charge is 0.480 e. The minimum absolute atomic E-state index is 0.0393. The molecule has 51 heavy (non-hydrogen) atoms. The number of sulfonamides is 1. The number of hydrogen-bond donors (Lipinski definition) is 4. The van der Waals surface area contributed by atoms with E-state index in [0.29, 0.717) is 29.1 Å². The van der Waals surface area contributed by atoms with Gasteiger partial charge in [0.05, 0.1) is 16.0 Å². The topological polar surface area (TPSA) is 170 Å². The smallest absolute Gasteiger partial charge is 0.335 e. The normalized spacial score (nSPS) is 14.8. The van der Waals surface area contributed by atoms with Crippen LogP contribution in [0.15, 0.2) is 77.7 Å². The zero-order valence-electron chi connectivity index (χ0n) is 28.1. The first-order valence-corrected chi connectivity index (χ1v) is 19.2. The molecule has 0 radical (unpaired) electrons. The van der Waals surface area contributed by atoms with Crippen molar-refractivity contribution in [1.29, 1.82) is 0 Å². The fourth-order valence-electron chi connectivity index (χ4n) is 6.50. The van der Waals surface area contributed by atoms with Crippen LogP contribution in [-0.4, -0.2) is 58.8 Å². The summed E-state index contributed by atoms with van der Waals surface area (Å²) >= 11 is 1.35. The van der Waals surface area contributed by atoms with Gasteiger partial charge in [-0.1, -0.05) is 37.3 Å². The highest BCUT2D eigenvalue weighted by Crippen LogP contribution is 2.45. The van der Waals surface area contributed by atoms with Crippen molar-refractivity contribution in [3.8, 4) is 0 Å². The van der Waals surface area contributed by atoms with Crippen LogP contribution in [0.1, 0.15) is 91.7 Å². The van der Waals surface area contributed by atoms with Crippen LogP contribution in [0, 0.1) is 0 Å². The quantitative estimate of drug-likeness (QED) is 0.112. The number of carbonyl (C=O) groups excluding carboxylic acids is 2. The number of nitrogens with zero attached hydrogens (tertiary/aromatic N) is 1. The van der Waals surface area contributed by atoms with Gasteiger partial charge in [0, 0.05) is 22.7 Å². The lowest BCUT2D eigenvalue weighted by atomic mass is 9.95. The van der Waals surface area contributed by atoms with Crippen molar-refractivity contribution in [3.05, 3.63) is 111 Å². The maximum Gasteiger partial charge on any atom is 0.335 e. The number of amides is 2. The van der Waals surface area contributed by atoms with Crippen molar-refractivity contribution in [2.75, 3.05) is 17.2 Å². The third-order valence-electron chi connectivity index (χ3n) is 9.45. The molecular formula is C38H39N3O8S2. The number of carboxylic acid groups (broad SMARTS) is 2. The molecule has 13 heteroatoms. The number of anilines is 2. The summed E-state index contributed by atoms with van der Waals surface area (Å²) in [5.74, 6) is -3.08. The zero-order valence-corrected chi connectivity index (χ0v) is 29.7. The summed E-state index contributed by atoms with van der Waals surface area (Å²) in [5.41, 5.74) is 2.80. The van der Waals surface area contributed by atoms with E-state index in [2.05, 4.69) is 10.6 Å². The minimum Gasteiger partial charge on any atom is -0.480 e. The number of benzene rings is 3. The summed E-state index contributed by atoms with van der Waals surface area (Å²) < 4.78 is 28.5. The van der Waals surface area contributed by atoms with E-state index in [0.717, 1.165) is 58.0 Å². The van der Waals surface area contributed by atoms with Gasteiger partial charge in [0.15, 0.2) is 0 Å². The van der Waals surface area contributed by atoms with E-state index >= 15 is 0 Å². The number of carboxylic acids is 2. The summed E-state index contributed by atoms with van der Waals surface area (Å²) in [7, 11) is -4.22. The molecule has 0 atom stereocenters. The van der Waals surface area contributed by atoms with Crippen molar-refractivity contribution >= 4 is 55.8 Å². The Balaban J connectivity index is 1.18. The predicted octanol–water partition coefficient (Wildman–Crippen LogP) is 6.63. The Labute approximate surface area is 300 Å². The van der Waals surface area contributed by atoms with Gasteiger partial charge in [0.1, 0.15) is 10.5 Å². The van der Waals surface area contributed by atoms with Gasteiger partial charge in [-0.15, -0.1) is 11.3 Å². The molecule has 6 rings (SSSR count). The molecule has 11 nitrogen and oxygen atoms in total. The Morgan fingerprint density at radius 3 is 2.08 bits per heavy atom. The lowest BCUT2D eigenvalue weighted by Gasteiger charge is -2.28. The lowest BCUT2D eigenvalue weighted by Crippen LogP contribution is -2.47. The van der Waals surface area contributed by atoms with Gasteiger partial charge >= 0.3 is 11.9 Å². The Bertz CT molecular complexity index is 2090. The molecule has 3 aromatic carbocycles. The van der Waals surface area contributed by atoms with E-state index in [4.69, 9.17) is 5.11 Å². The number of aryl methyl sites for hydroxylation is 3. The highest BCUT2D eigenvalue weighted by molar-refractivity contribution is 7.89. The van der Waals surface area contributed by atoms with Crippen LogP contribution in [0.3, 0.4) is 0 Å². The second-order valence-corrected chi connectivity index (χ2v) is 15.9. The molecule has 0 aliphatic heterocycles. The second-order valence-electron chi connectivity index (χ2n) is 13.0. The van der Waals surface area contributed by atoms with Crippen LogP contribution in [0.5, 0.6) is 0 Å². The van der Waals surface area contributed by atoms with Gasteiger partial charge in [-0.3, -0.25) is 14.4 Å². The number of aromatic carboxylic acids is 1. The van der Waals surface area contributed by atoms with E-state index in [1.807, 2.05) is 24.3 Å². The van der Waals surface area contributed by atoms with Crippen molar-refractivity contribution in [1.82, 2.24) is 4.31 Å². The summed E-state index contributed by atoms with van der Waals surface area (Å²) in [4.78, 5) is 51.5. The molecule has 2 aliphatic carbocycles. The van der Waals surface area contributed by atoms with E-state index < -0.39 is 33.4 Å². The van der Waals surface area contributed by atoms with Gasteiger partial charge in [0.2, 0.25) is 10.0 Å². The van der Waals surface area contributed by atoms with Gasteiger partial charge in [0.25, 0.3) is 11.8 Å². The first kappa shape index (κ1) is 36.0. The molecule has 0 saturated heterocycles. The highest BCUT2D eigenvalue weighted by atomic mass is 32.2. The SMILES string of the molecule is CCCN(C1(C(=O)O)CC1)S(=O)(=O)c1cccc(C(=O)Nc2sc3c(c2C(=O)Nc2ccc(CCc4ccc(C(=O)O)cc4)cc2)CCCC3)c1. The summed E-state index contributed by atoms with van der Waals surface area (Å²) in [6, 6.07) is 19.9. The molecule has 0 bridgehead atoms. The average molecular weight is 730 g/mol. The van der Waals surface area contributed by atoms with Crippen molar-refractivity contribution < 1.29 is 37.8 Å². The number of carbonyl (C=O) groups is 4. The highest BCUT2D eigenvalue weighted by Gasteiger charge is 2.59. The number of nitrogens with one attached hydrogen (secondary N) is 2. The summed E-state index contributed by atoms with van der Waals surface area (Å²) in [6.45, 7) is 1.82. The molecule has 2 amide bonds. The molecule has 1 heterocycles. The monoisotopic (exact) mass is 729 g/mol. The van der Waals surface area contributed by atoms with E-state index in [1.165, 1.54) is 35.6 Å². The van der Waals surface area contributed by atoms with Crippen molar-refractivity contribution in [2.24, 2.45) is 0 Å². The first-order valence-electron chi connectivity index (χ1n) is 17.0. The van der Waals surface area contributed by atoms with Crippen molar-refractivity contribution in [3.63, 3.8) is 0 Å². The van der Waals surface area contributed by atoms with E-state index in [-0.39, 0.29) is 41.3 Å². The third-order valence-corrected chi connectivity index (χ3v) is 12.6. The summed E-state index contributed by atoms with van der Waals surface area (Å²) in [5, 5.41) is 25.2. The Kier molecular flexibility index (Phi) is 10.4. The standard InChI is InChI=1S/C38H39N3O8S2/c1-2-22-41(38(20-21-38)37(46)47)51(48,49)29-7-5-6-27(23-29)33(42)40-35-32(30-8-3-4-9-31(30)50-35)34(43)39-28-18-14-25(15-19-28)11-10-24-12-16-26(17-13-24)36(44)45/h5-7,12-19,23H,2-4,8-11,20-22H2,1H3,(H,39,43)(H,40,42)(H,44,45)(H,46,47). The summed E-state index contributed by atoms with van der Waals surface area (Å²) in [6.07, 6.45) is 5.71. The number of thiophene rings is 1. The maximum absolute atomic E-state index is 13.8. The van der Waals surface area contributed by atoms with E-state index in [1.54, 1.807) is 31.2 Å². The fraction of sp³-hybridized carbons (Fsp3) is 0.316. The molecular weight excluding hydrogens is 691 g/mol. The van der Waals surface area contributed by atoms with Crippen LogP contribution >= 0.6 is 11.3 Å². The molecule has 1 saturated carbocycles. The Hall–Kier alpha value is -4.85. The number of aliphatic carboxylic acids is 1. The molecule has 2 aliphatic rings. The predicted molar refractivity (Wildman–Crippen MR) is 194 cm³/mol. The molecule has 0 spiro atoms. The average Bonchev–Trinajstić information content (AvgIpc) is 3.85. The molecule has 266 valence electrons. The molecule has 0 unspecified atom stereocenters. The van der Waals surface area contributed by atoms with Crippen LogP contribution in [0.2, 0.25) is 0 Å². The van der Waals surface area contributed by atoms with Gasteiger partial charge < -0.3 is 20.8 Å². The van der Waals surface area contributed by atoms with Crippen LogP contribution in [0.4, 0.5) is 10.7 Å². The maximum atomic E-state index is 13.8. The van der Waals surface area contributed by atoms with Gasteiger partial charge in [-0.05, 0) is 117 Å². The first-order chi connectivity index (χ1) is 24.4. The molecule has 4 N–H and O–H groups in total. The fourth-order valence-corrected chi connectivity index (χ4v) is 9.71. The Morgan fingerprint density at radius 2 is 1.47 bits per heavy atom. The minimum atomic E-state index is -4.22. The van der Waals surface area contributed by atoms with Crippen LogP contribution < -0.4 is 10.6 Å². The second kappa shape index (κ2) is 14.8. The number of rotatable bonds is 14. The van der Waals surface area contributed by atoms with Crippen LogP contribution in [0.25, 0.3) is 0 Å². The van der Waals surface area contributed by atoms with Gasteiger partial charge in [-0.2, -0.15) is 4.31 Å². The number of fused-ring (bicyclic) bond motifs is 1. The van der Waals surface area contributed by atoms with Crippen molar-refractivity contribution in [2.45, 2.75) is 75.1 Å². The van der Waals surface area contributed by atoms with E-state index in [9.17, 15) is 32.7 Å². The lowest BCUT2D eigenvalue weighted by molar-refractivity contribution is -0.143.